The highest BCUT2D eigenvalue weighted by Crippen LogP contribution is 2.28. The van der Waals surface area contributed by atoms with E-state index in [9.17, 15) is 5.11 Å². The average Bonchev–Trinajstić information content (AvgIpc) is 3.17. The van der Waals surface area contributed by atoms with Crippen molar-refractivity contribution >= 4 is 5.96 Å². The highest BCUT2D eigenvalue weighted by atomic mass is 16.5. The largest absolute Gasteiger partial charge is 0.493 e. The van der Waals surface area contributed by atoms with Gasteiger partial charge in [0.25, 0.3) is 0 Å². The number of benzene rings is 1. The molecular formula is C22H35N5O3. The van der Waals surface area contributed by atoms with E-state index in [1.165, 1.54) is 5.56 Å². The number of hydrogen-bond donors (Lipinski definition) is 3. The molecule has 0 aliphatic heterocycles. The summed E-state index contributed by atoms with van der Waals surface area (Å²) in [6.07, 6.45) is 5.31. The van der Waals surface area contributed by atoms with Crippen molar-refractivity contribution in [1.29, 1.82) is 0 Å². The van der Waals surface area contributed by atoms with Crippen LogP contribution in [0.2, 0.25) is 0 Å². The second-order valence-electron chi connectivity index (χ2n) is 7.32. The van der Waals surface area contributed by atoms with Gasteiger partial charge in [-0.15, -0.1) is 0 Å². The van der Waals surface area contributed by atoms with Gasteiger partial charge in [-0.05, 0) is 51.3 Å². The SMILES string of the molecule is CCNC(=NCC(C)(O)c1cnn(C)c1)NCCCc1ccc(OC)c(OCC)c1. The molecule has 3 N–H and O–H groups in total. The second-order valence-corrected chi connectivity index (χ2v) is 7.32. The Morgan fingerprint density at radius 2 is 2.07 bits per heavy atom. The number of aliphatic imine (C=N–C) groups is 1. The number of ether oxygens (including phenoxy) is 2. The standard InChI is InChI=1S/C22H35N5O3/c1-6-23-21(25-16-22(3,28)18-14-26-27(4)15-18)24-12-8-9-17-10-11-19(29-5)20(13-17)30-7-2/h10-11,13-15,28H,6-9,12,16H2,1-5H3,(H2,23,24,25). The summed E-state index contributed by atoms with van der Waals surface area (Å²) in [5.74, 6) is 2.21. The molecule has 1 unspecified atom stereocenters. The van der Waals surface area contributed by atoms with Crippen LogP contribution >= 0.6 is 0 Å². The van der Waals surface area contributed by atoms with Gasteiger partial charge >= 0.3 is 0 Å². The van der Waals surface area contributed by atoms with Gasteiger partial charge in [0, 0.05) is 31.9 Å². The maximum Gasteiger partial charge on any atom is 0.191 e. The number of aliphatic hydroxyl groups is 1. The Balaban J connectivity index is 1.89. The molecule has 0 fully saturated rings. The van der Waals surface area contributed by atoms with Crippen LogP contribution in [0.3, 0.4) is 0 Å². The first-order chi connectivity index (χ1) is 14.4. The molecule has 8 nitrogen and oxygen atoms in total. The van der Waals surface area contributed by atoms with E-state index in [4.69, 9.17) is 9.47 Å². The summed E-state index contributed by atoms with van der Waals surface area (Å²) in [6.45, 7) is 8.08. The molecule has 166 valence electrons. The fraction of sp³-hybridized carbons (Fsp3) is 0.545. The van der Waals surface area contributed by atoms with Gasteiger partial charge < -0.3 is 25.2 Å². The van der Waals surface area contributed by atoms with Gasteiger partial charge in [-0.2, -0.15) is 5.10 Å². The van der Waals surface area contributed by atoms with Crippen molar-refractivity contribution in [1.82, 2.24) is 20.4 Å². The molecule has 1 heterocycles. The second kappa shape index (κ2) is 11.4. The monoisotopic (exact) mass is 417 g/mol. The minimum absolute atomic E-state index is 0.240. The topological polar surface area (TPSA) is 92.9 Å². The summed E-state index contributed by atoms with van der Waals surface area (Å²) >= 11 is 0. The van der Waals surface area contributed by atoms with E-state index >= 15 is 0 Å². The number of guanidine groups is 1. The normalized spacial score (nSPS) is 13.6. The van der Waals surface area contributed by atoms with Crippen LogP contribution in [0.4, 0.5) is 0 Å². The van der Waals surface area contributed by atoms with Crippen LogP contribution < -0.4 is 20.1 Å². The maximum absolute atomic E-state index is 10.7. The van der Waals surface area contributed by atoms with E-state index in [1.54, 1.807) is 31.1 Å². The third-order valence-corrected chi connectivity index (χ3v) is 4.68. The van der Waals surface area contributed by atoms with E-state index < -0.39 is 5.60 Å². The maximum atomic E-state index is 10.7. The van der Waals surface area contributed by atoms with Crippen LogP contribution in [-0.2, 0) is 19.1 Å². The van der Waals surface area contributed by atoms with Gasteiger partial charge in [0.2, 0.25) is 0 Å². The number of nitrogens with zero attached hydrogens (tertiary/aromatic N) is 3. The van der Waals surface area contributed by atoms with Crippen molar-refractivity contribution in [2.24, 2.45) is 12.0 Å². The first-order valence-corrected chi connectivity index (χ1v) is 10.4. The Morgan fingerprint density at radius 1 is 1.27 bits per heavy atom. The molecule has 0 saturated heterocycles. The van der Waals surface area contributed by atoms with Crippen molar-refractivity contribution in [2.75, 3.05) is 33.4 Å². The molecule has 0 amide bonds. The predicted octanol–water partition coefficient (Wildman–Crippen LogP) is 2.22. The smallest absolute Gasteiger partial charge is 0.191 e. The Bertz CT molecular complexity index is 817. The van der Waals surface area contributed by atoms with Gasteiger partial charge in [0.15, 0.2) is 17.5 Å². The van der Waals surface area contributed by atoms with Gasteiger partial charge in [0.05, 0.1) is 26.5 Å². The number of methoxy groups -OCH3 is 1. The minimum Gasteiger partial charge on any atom is -0.493 e. The molecule has 0 spiro atoms. The summed E-state index contributed by atoms with van der Waals surface area (Å²) in [5.41, 5.74) is 0.867. The lowest BCUT2D eigenvalue weighted by atomic mass is 10.0. The molecule has 1 aromatic carbocycles. The summed E-state index contributed by atoms with van der Waals surface area (Å²) in [7, 11) is 3.48. The van der Waals surface area contributed by atoms with Crippen molar-refractivity contribution in [2.45, 2.75) is 39.2 Å². The van der Waals surface area contributed by atoms with Crippen LogP contribution in [0.15, 0.2) is 35.6 Å². The predicted molar refractivity (Wildman–Crippen MR) is 119 cm³/mol. The van der Waals surface area contributed by atoms with E-state index in [1.807, 2.05) is 33.0 Å². The Hall–Kier alpha value is -2.74. The highest BCUT2D eigenvalue weighted by Gasteiger charge is 2.24. The lowest BCUT2D eigenvalue weighted by Gasteiger charge is -2.20. The van der Waals surface area contributed by atoms with Crippen LogP contribution in [0.25, 0.3) is 0 Å². The van der Waals surface area contributed by atoms with Crippen LogP contribution in [-0.4, -0.2) is 54.2 Å². The van der Waals surface area contributed by atoms with Crippen LogP contribution in [0.1, 0.15) is 38.3 Å². The molecule has 0 aliphatic carbocycles. The van der Waals surface area contributed by atoms with E-state index in [0.29, 0.717) is 12.6 Å². The number of nitrogens with one attached hydrogen (secondary N) is 2. The zero-order valence-electron chi connectivity index (χ0n) is 18.7. The molecule has 30 heavy (non-hydrogen) atoms. The molecule has 1 aromatic heterocycles. The van der Waals surface area contributed by atoms with Crippen molar-refractivity contribution in [3.63, 3.8) is 0 Å². The van der Waals surface area contributed by atoms with Gasteiger partial charge in [-0.1, -0.05) is 6.07 Å². The first-order valence-electron chi connectivity index (χ1n) is 10.4. The Kier molecular flexibility index (Phi) is 8.98. The summed E-state index contributed by atoms with van der Waals surface area (Å²) in [5, 5.41) is 21.4. The summed E-state index contributed by atoms with van der Waals surface area (Å²) in [4.78, 5) is 4.55. The Morgan fingerprint density at radius 3 is 2.70 bits per heavy atom. The molecule has 0 saturated carbocycles. The zero-order chi connectivity index (χ0) is 22.0. The lowest BCUT2D eigenvalue weighted by molar-refractivity contribution is 0.0672. The molecular weight excluding hydrogens is 382 g/mol. The zero-order valence-corrected chi connectivity index (χ0v) is 18.7. The summed E-state index contributed by atoms with van der Waals surface area (Å²) in [6, 6.07) is 6.04. The third-order valence-electron chi connectivity index (χ3n) is 4.68. The Labute approximate surface area is 179 Å². The fourth-order valence-electron chi connectivity index (χ4n) is 3.01. The molecule has 2 aromatic rings. The average molecular weight is 418 g/mol. The fourth-order valence-corrected chi connectivity index (χ4v) is 3.01. The molecule has 8 heteroatoms. The number of hydrogen-bond acceptors (Lipinski definition) is 5. The molecule has 0 radical (unpaired) electrons. The van der Waals surface area contributed by atoms with Gasteiger partial charge in [-0.25, -0.2) is 4.99 Å². The van der Waals surface area contributed by atoms with E-state index in [-0.39, 0.29) is 6.54 Å². The number of aromatic nitrogens is 2. The van der Waals surface area contributed by atoms with E-state index in [0.717, 1.165) is 43.0 Å². The molecule has 0 aliphatic rings. The van der Waals surface area contributed by atoms with Crippen LogP contribution in [0, 0.1) is 0 Å². The lowest BCUT2D eigenvalue weighted by Crippen LogP contribution is -2.39. The van der Waals surface area contributed by atoms with Crippen LogP contribution in [0.5, 0.6) is 11.5 Å². The number of aryl methyl sites for hydroxylation is 2. The molecule has 0 bridgehead atoms. The van der Waals surface area contributed by atoms with Gasteiger partial charge in [-0.3, -0.25) is 4.68 Å². The van der Waals surface area contributed by atoms with Crippen molar-refractivity contribution < 1.29 is 14.6 Å². The van der Waals surface area contributed by atoms with Crippen molar-refractivity contribution in [3.8, 4) is 11.5 Å². The summed E-state index contributed by atoms with van der Waals surface area (Å²) < 4.78 is 12.7. The first kappa shape index (κ1) is 23.5. The minimum atomic E-state index is -1.07. The van der Waals surface area contributed by atoms with Gasteiger partial charge in [0.1, 0.15) is 5.60 Å². The quantitative estimate of drug-likeness (QED) is 0.295. The highest BCUT2D eigenvalue weighted by molar-refractivity contribution is 5.79. The molecule has 2 rings (SSSR count). The molecule has 1 atom stereocenters. The van der Waals surface area contributed by atoms with Crippen molar-refractivity contribution in [3.05, 3.63) is 41.7 Å². The number of rotatable bonds is 11. The third kappa shape index (κ3) is 6.95. The van der Waals surface area contributed by atoms with E-state index in [2.05, 4.69) is 26.8 Å².